The molecule has 0 bridgehead atoms. The van der Waals surface area contributed by atoms with Crippen molar-refractivity contribution in [3.63, 3.8) is 0 Å². The molecule has 2 rings (SSSR count). The summed E-state index contributed by atoms with van der Waals surface area (Å²) in [7, 11) is 0. The molecule has 0 amide bonds. The third-order valence-electron chi connectivity index (χ3n) is 2.15. The van der Waals surface area contributed by atoms with Crippen LogP contribution in [0.15, 0.2) is 22.7 Å². The fourth-order valence-electron chi connectivity index (χ4n) is 1.43. The molecule has 1 aromatic carbocycles. The van der Waals surface area contributed by atoms with Crippen molar-refractivity contribution in [1.29, 1.82) is 0 Å². The van der Waals surface area contributed by atoms with Crippen LogP contribution in [0, 0.1) is 5.82 Å². The Hall–Kier alpha value is -1.30. The van der Waals surface area contributed by atoms with Gasteiger partial charge in [-0.25, -0.2) is 4.39 Å². The number of tetrazole rings is 1. The molecule has 0 aliphatic carbocycles. The standard InChI is InChI=1S/C10H10BrFN4/c1-2-3-10-13-14-15-16(10)9-5-4-7(11)6-8(9)12/h4-6H,2-3H2,1H3. The quantitative estimate of drug-likeness (QED) is 0.870. The fourth-order valence-corrected chi connectivity index (χ4v) is 1.76. The van der Waals surface area contributed by atoms with Crippen LogP contribution < -0.4 is 0 Å². The monoisotopic (exact) mass is 284 g/mol. The van der Waals surface area contributed by atoms with Crippen LogP contribution in [0.3, 0.4) is 0 Å². The summed E-state index contributed by atoms with van der Waals surface area (Å²) in [6.45, 7) is 2.02. The van der Waals surface area contributed by atoms with Crippen molar-refractivity contribution in [2.24, 2.45) is 0 Å². The average Bonchev–Trinajstić information content (AvgIpc) is 2.67. The second-order valence-electron chi connectivity index (χ2n) is 3.35. The highest BCUT2D eigenvalue weighted by atomic mass is 79.9. The number of aromatic nitrogens is 4. The number of rotatable bonds is 3. The highest BCUT2D eigenvalue weighted by molar-refractivity contribution is 9.10. The zero-order valence-electron chi connectivity index (χ0n) is 8.69. The van der Waals surface area contributed by atoms with Crippen LogP contribution in [0.1, 0.15) is 19.2 Å². The molecule has 0 N–H and O–H groups in total. The maximum Gasteiger partial charge on any atom is 0.156 e. The van der Waals surface area contributed by atoms with Gasteiger partial charge in [-0.1, -0.05) is 22.9 Å². The molecule has 0 saturated heterocycles. The maximum absolute atomic E-state index is 13.7. The Kier molecular flexibility index (Phi) is 3.28. The van der Waals surface area contributed by atoms with Crippen LogP contribution in [0.25, 0.3) is 5.69 Å². The Bertz CT molecular complexity index is 497. The van der Waals surface area contributed by atoms with Gasteiger partial charge < -0.3 is 0 Å². The van der Waals surface area contributed by atoms with Crippen molar-refractivity contribution < 1.29 is 4.39 Å². The molecule has 0 fully saturated rings. The van der Waals surface area contributed by atoms with Crippen LogP contribution in [-0.2, 0) is 6.42 Å². The van der Waals surface area contributed by atoms with E-state index in [4.69, 9.17) is 0 Å². The van der Waals surface area contributed by atoms with E-state index in [0.717, 1.165) is 12.8 Å². The van der Waals surface area contributed by atoms with E-state index in [1.165, 1.54) is 10.7 Å². The molecule has 0 atom stereocenters. The Morgan fingerprint density at radius 3 is 2.94 bits per heavy atom. The van der Waals surface area contributed by atoms with Crippen molar-refractivity contribution >= 4 is 15.9 Å². The van der Waals surface area contributed by atoms with Gasteiger partial charge in [-0.05, 0) is 35.0 Å². The lowest BCUT2D eigenvalue weighted by Gasteiger charge is -2.05. The highest BCUT2D eigenvalue weighted by Gasteiger charge is 2.11. The maximum atomic E-state index is 13.7. The summed E-state index contributed by atoms with van der Waals surface area (Å²) in [6, 6.07) is 4.80. The van der Waals surface area contributed by atoms with Crippen LogP contribution in [0.2, 0.25) is 0 Å². The molecular weight excluding hydrogens is 275 g/mol. The minimum atomic E-state index is -0.348. The Morgan fingerprint density at radius 2 is 2.25 bits per heavy atom. The number of nitrogens with zero attached hydrogens (tertiary/aromatic N) is 4. The van der Waals surface area contributed by atoms with E-state index in [2.05, 4.69) is 31.5 Å². The number of aryl methyl sites for hydroxylation is 1. The zero-order valence-corrected chi connectivity index (χ0v) is 10.3. The van der Waals surface area contributed by atoms with Crippen molar-refractivity contribution in [2.45, 2.75) is 19.8 Å². The van der Waals surface area contributed by atoms with Crippen LogP contribution >= 0.6 is 15.9 Å². The molecule has 0 unspecified atom stereocenters. The summed E-state index contributed by atoms with van der Waals surface area (Å²) in [4.78, 5) is 0. The molecule has 1 heterocycles. The first kappa shape index (κ1) is 11.2. The number of hydrogen-bond acceptors (Lipinski definition) is 3. The summed E-state index contributed by atoms with van der Waals surface area (Å²) in [5.74, 6) is 0.322. The van der Waals surface area contributed by atoms with E-state index in [1.54, 1.807) is 12.1 Å². The van der Waals surface area contributed by atoms with Gasteiger partial charge in [-0.3, -0.25) is 0 Å². The first-order chi connectivity index (χ1) is 7.72. The summed E-state index contributed by atoms with van der Waals surface area (Å²) < 4.78 is 15.8. The van der Waals surface area contributed by atoms with Crippen molar-refractivity contribution in [3.05, 3.63) is 34.3 Å². The predicted molar refractivity (Wildman–Crippen MR) is 60.8 cm³/mol. The lowest BCUT2D eigenvalue weighted by Crippen LogP contribution is -2.05. The smallest absolute Gasteiger partial charge is 0.156 e. The first-order valence-corrected chi connectivity index (χ1v) is 5.74. The molecule has 4 nitrogen and oxygen atoms in total. The van der Waals surface area contributed by atoms with E-state index in [1.807, 2.05) is 6.92 Å². The molecule has 16 heavy (non-hydrogen) atoms. The Morgan fingerprint density at radius 1 is 1.44 bits per heavy atom. The van der Waals surface area contributed by atoms with Gasteiger partial charge in [0.1, 0.15) is 11.5 Å². The van der Waals surface area contributed by atoms with E-state index in [9.17, 15) is 4.39 Å². The predicted octanol–water partition coefficient (Wildman–Crippen LogP) is 2.52. The lowest BCUT2D eigenvalue weighted by molar-refractivity contribution is 0.600. The highest BCUT2D eigenvalue weighted by Crippen LogP contribution is 2.18. The minimum Gasteiger partial charge on any atom is -0.205 e. The van der Waals surface area contributed by atoms with Crippen molar-refractivity contribution in [1.82, 2.24) is 20.2 Å². The van der Waals surface area contributed by atoms with E-state index in [0.29, 0.717) is 16.0 Å². The largest absolute Gasteiger partial charge is 0.205 e. The molecule has 6 heteroatoms. The van der Waals surface area contributed by atoms with E-state index >= 15 is 0 Å². The van der Waals surface area contributed by atoms with Crippen molar-refractivity contribution in [3.8, 4) is 5.69 Å². The molecule has 0 spiro atoms. The number of benzene rings is 1. The van der Waals surface area contributed by atoms with Gasteiger partial charge in [0.2, 0.25) is 0 Å². The van der Waals surface area contributed by atoms with Gasteiger partial charge in [0, 0.05) is 10.9 Å². The molecule has 1 aromatic heterocycles. The third kappa shape index (κ3) is 2.11. The van der Waals surface area contributed by atoms with Gasteiger partial charge in [-0.15, -0.1) is 5.10 Å². The first-order valence-electron chi connectivity index (χ1n) is 4.95. The fraction of sp³-hybridized carbons (Fsp3) is 0.300. The van der Waals surface area contributed by atoms with Crippen molar-refractivity contribution in [2.75, 3.05) is 0 Å². The lowest BCUT2D eigenvalue weighted by atomic mass is 10.3. The molecule has 84 valence electrons. The third-order valence-corrected chi connectivity index (χ3v) is 2.64. The van der Waals surface area contributed by atoms with E-state index < -0.39 is 0 Å². The second-order valence-corrected chi connectivity index (χ2v) is 4.27. The van der Waals surface area contributed by atoms with Gasteiger partial charge in [0.05, 0.1) is 0 Å². The summed E-state index contributed by atoms with van der Waals surface area (Å²) >= 11 is 3.21. The van der Waals surface area contributed by atoms with Crippen LogP contribution in [-0.4, -0.2) is 20.2 Å². The van der Waals surface area contributed by atoms with Gasteiger partial charge in [0.15, 0.2) is 5.82 Å². The zero-order chi connectivity index (χ0) is 11.5. The molecular formula is C10H10BrFN4. The summed E-state index contributed by atoms with van der Waals surface area (Å²) in [5, 5.41) is 11.2. The van der Waals surface area contributed by atoms with E-state index in [-0.39, 0.29) is 5.82 Å². The van der Waals surface area contributed by atoms with Gasteiger partial charge in [0.25, 0.3) is 0 Å². The summed E-state index contributed by atoms with van der Waals surface area (Å²) in [6.07, 6.45) is 1.64. The SMILES string of the molecule is CCCc1nnnn1-c1ccc(Br)cc1F. The average molecular weight is 285 g/mol. The van der Waals surface area contributed by atoms with Gasteiger partial charge >= 0.3 is 0 Å². The van der Waals surface area contributed by atoms with Crippen LogP contribution in [0.4, 0.5) is 4.39 Å². The Balaban J connectivity index is 2.46. The molecule has 0 saturated carbocycles. The number of halogens is 2. The van der Waals surface area contributed by atoms with Crippen LogP contribution in [0.5, 0.6) is 0 Å². The molecule has 2 aromatic rings. The minimum absolute atomic E-state index is 0.348. The number of hydrogen-bond donors (Lipinski definition) is 0. The molecule has 0 radical (unpaired) electrons. The normalized spacial score (nSPS) is 10.7. The topological polar surface area (TPSA) is 43.6 Å². The Labute approximate surface area is 101 Å². The summed E-state index contributed by atoms with van der Waals surface area (Å²) in [5.41, 5.74) is 0.372. The second kappa shape index (κ2) is 4.69. The molecule has 0 aliphatic heterocycles. The van der Waals surface area contributed by atoms with Gasteiger partial charge in [-0.2, -0.15) is 4.68 Å². The molecule has 0 aliphatic rings.